The summed E-state index contributed by atoms with van der Waals surface area (Å²) < 4.78 is 20.3. The van der Waals surface area contributed by atoms with Crippen molar-refractivity contribution < 1.29 is 23.8 Å². The van der Waals surface area contributed by atoms with E-state index in [1.807, 2.05) is 0 Å². The highest BCUT2D eigenvalue weighted by molar-refractivity contribution is 5.81. The topological polar surface area (TPSA) is 66.8 Å². The van der Waals surface area contributed by atoms with E-state index in [0.717, 1.165) is 19.3 Å². The summed E-state index contributed by atoms with van der Waals surface area (Å²) in [6, 6.07) is -1.46. The van der Waals surface area contributed by atoms with Crippen LogP contribution in [0, 0.1) is 17.8 Å². The lowest BCUT2D eigenvalue weighted by molar-refractivity contribution is -0.163. The van der Waals surface area contributed by atoms with Crippen molar-refractivity contribution in [2.75, 3.05) is 0 Å². The number of fused-ring (bicyclic) bond motifs is 3. The maximum absolute atomic E-state index is 14.9. The third-order valence-corrected chi connectivity index (χ3v) is 5.33. The van der Waals surface area contributed by atoms with Crippen LogP contribution in [-0.4, -0.2) is 45.9 Å². The fourth-order valence-electron chi connectivity index (χ4n) is 4.25. The molecule has 2 saturated carbocycles. The Morgan fingerprint density at radius 3 is 2.39 bits per heavy atom. The number of carbonyl (C=O) groups excluding carboxylic acids is 1. The summed E-state index contributed by atoms with van der Waals surface area (Å²) in [5.41, 5.74) is -0.696. The second kappa shape index (κ2) is 5.64. The summed E-state index contributed by atoms with van der Waals surface area (Å²) in [6.45, 7) is 5.26. The number of ether oxygens (including phenoxy) is 1. The largest absolute Gasteiger partial charge is 0.480 e. The number of alkyl halides is 1. The Kier molecular flexibility index (Phi) is 4.05. The van der Waals surface area contributed by atoms with E-state index in [2.05, 4.69) is 0 Å². The first kappa shape index (κ1) is 16.5. The van der Waals surface area contributed by atoms with Gasteiger partial charge in [-0.25, -0.2) is 14.0 Å². The molecule has 0 aromatic carbocycles. The number of nitrogens with zero attached hydrogens (tertiary/aromatic N) is 1. The second-order valence-electron chi connectivity index (χ2n) is 8.27. The average molecular weight is 327 g/mol. The predicted octanol–water partition coefficient (Wildman–Crippen LogP) is 3.22. The van der Waals surface area contributed by atoms with Crippen LogP contribution < -0.4 is 0 Å². The summed E-state index contributed by atoms with van der Waals surface area (Å²) >= 11 is 0. The van der Waals surface area contributed by atoms with Gasteiger partial charge >= 0.3 is 12.1 Å². The lowest BCUT2D eigenvalue weighted by Crippen LogP contribution is -2.68. The molecular weight excluding hydrogens is 301 g/mol. The van der Waals surface area contributed by atoms with Gasteiger partial charge in [-0.2, -0.15) is 0 Å². The number of hydrogen-bond acceptors (Lipinski definition) is 3. The Morgan fingerprint density at radius 2 is 1.87 bits per heavy atom. The van der Waals surface area contributed by atoms with Gasteiger partial charge in [0.2, 0.25) is 0 Å². The molecular formula is C17H26FNO4. The van der Waals surface area contributed by atoms with Gasteiger partial charge in [-0.15, -0.1) is 0 Å². The fourth-order valence-corrected chi connectivity index (χ4v) is 4.25. The third kappa shape index (κ3) is 3.17. The molecule has 5 nitrogen and oxygen atoms in total. The molecule has 4 rings (SSSR count). The monoisotopic (exact) mass is 327 g/mol. The smallest absolute Gasteiger partial charge is 0.411 e. The number of carbonyl (C=O) groups is 2. The van der Waals surface area contributed by atoms with Gasteiger partial charge in [0.25, 0.3) is 0 Å². The van der Waals surface area contributed by atoms with E-state index < -0.39 is 35.8 Å². The number of halogens is 1. The molecule has 4 aliphatic rings. The van der Waals surface area contributed by atoms with Crippen molar-refractivity contribution in [1.82, 2.24) is 4.90 Å². The van der Waals surface area contributed by atoms with Crippen molar-refractivity contribution in [2.24, 2.45) is 17.8 Å². The fraction of sp³-hybridized carbons (Fsp3) is 0.882. The maximum atomic E-state index is 14.9. The molecule has 0 spiro atoms. The van der Waals surface area contributed by atoms with Crippen molar-refractivity contribution in [2.45, 2.75) is 76.7 Å². The van der Waals surface area contributed by atoms with Crippen LogP contribution in [0.25, 0.3) is 0 Å². The number of rotatable bonds is 3. The Labute approximate surface area is 136 Å². The van der Waals surface area contributed by atoms with Crippen LogP contribution in [0.4, 0.5) is 9.18 Å². The summed E-state index contributed by atoms with van der Waals surface area (Å²) in [5, 5.41) is 9.56. The minimum Gasteiger partial charge on any atom is -0.480 e. The van der Waals surface area contributed by atoms with Gasteiger partial charge in [0.15, 0.2) is 0 Å². The molecule has 130 valence electrons. The molecule has 4 fully saturated rings. The summed E-state index contributed by atoms with van der Waals surface area (Å²) in [4.78, 5) is 25.6. The van der Waals surface area contributed by atoms with Gasteiger partial charge in [-0.05, 0) is 46.0 Å². The van der Waals surface area contributed by atoms with E-state index in [1.54, 1.807) is 20.8 Å². The molecule has 2 heterocycles. The SMILES string of the molecule is CC(C)(C)OC(=O)N1[C@H](C(=O)O)[C@@H]2CC[C@H]1[C@@H](CC1CC1)[C@@H]2F. The second-order valence-corrected chi connectivity index (χ2v) is 8.27. The van der Waals surface area contributed by atoms with Crippen molar-refractivity contribution in [3.8, 4) is 0 Å². The zero-order valence-electron chi connectivity index (χ0n) is 14.0. The minimum absolute atomic E-state index is 0.246. The highest BCUT2D eigenvalue weighted by atomic mass is 19.1. The minimum atomic E-state index is -1.13. The number of carboxylic acids is 1. The van der Waals surface area contributed by atoms with Crippen LogP contribution in [-0.2, 0) is 9.53 Å². The first-order valence-corrected chi connectivity index (χ1v) is 8.57. The molecule has 5 atom stereocenters. The number of piperidine rings is 2. The molecule has 1 N–H and O–H groups in total. The summed E-state index contributed by atoms with van der Waals surface area (Å²) in [6.07, 6.45) is 2.45. The van der Waals surface area contributed by atoms with E-state index in [4.69, 9.17) is 4.74 Å². The van der Waals surface area contributed by atoms with Gasteiger partial charge < -0.3 is 9.84 Å². The summed E-state index contributed by atoms with van der Waals surface area (Å²) in [7, 11) is 0. The van der Waals surface area contributed by atoms with Crippen molar-refractivity contribution in [3.05, 3.63) is 0 Å². The van der Waals surface area contributed by atoms with Gasteiger partial charge in [-0.1, -0.05) is 12.8 Å². The van der Waals surface area contributed by atoms with Crippen LogP contribution in [0.3, 0.4) is 0 Å². The van der Waals surface area contributed by atoms with Gasteiger partial charge in [0.05, 0.1) is 0 Å². The quantitative estimate of drug-likeness (QED) is 0.864. The predicted molar refractivity (Wildman–Crippen MR) is 81.7 cm³/mol. The Bertz CT molecular complexity index is 499. The van der Waals surface area contributed by atoms with Crippen LogP contribution in [0.1, 0.15) is 52.9 Å². The van der Waals surface area contributed by atoms with Gasteiger partial charge in [-0.3, -0.25) is 4.90 Å². The summed E-state index contributed by atoms with van der Waals surface area (Å²) in [5.74, 6) is -1.45. The van der Waals surface area contributed by atoms with Crippen molar-refractivity contribution in [1.29, 1.82) is 0 Å². The highest BCUT2D eigenvalue weighted by Gasteiger charge is 2.58. The highest BCUT2D eigenvalue weighted by Crippen LogP contribution is 2.50. The van der Waals surface area contributed by atoms with Crippen LogP contribution in [0.15, 0.2) is 0 Å². The Morgan fingerprint density at radius 1 is 1.22 bits per heavy atom. The molecule has 2 bridgehead atoms. The van der Waals surface area contributed by atoms with E-state index in [0.29, 0.717) is 18.8 Å². The average Bonchev–Trinajstić information content (AvgIpc) is 3.23. The van der Waals surface area contributed by atoms with Gasteiger partial charge in [0.1, 0.15) is 17.8 Å². The molecule has 2 aliphatic carbocycles. The Balaban J connectivity index is 1.86. The number of carboxylic acid groups (broad SMARTS) is 1. The molecule has 1 amide bonds. The van der Waals surface area contributed by atoms with E-state index >= 15 is 0 Å². The van der Waals surface area contributed by atoms with E-state index in [9.17, 15) is 19.1 Å². The van der Waals surface area contributed by atoms with Crippen molar-refractivity contribution in [3.63, 3.8) is 0 Å². The van der Waals surface area contributed by atoms with E-state index in [-0.39, 0.29) is 12.0 Å². The molecule has 2 saturated heterocycles. The third-order valence-electron chi connectivity index (χ3n) is 5.33. The first-order chi connectivity index (χ1) is 10.7. The normalized spacial score (nSPS) is 36.9. The van der Waals surface area contributed by atoms with Crippen LogP contribution in [0.5, 0.6) is 0 Å². The van der Waals surface area contributed by atoms with E-state index in [1.165, 1.54) is 4.90 Å². The first-order valence-electron chi connectivity index (χ1n) is 8.57. The number of amides is 1. The lowest BCUT2D eigenvalue weighted by Gasteiger charge is -2.54. The molecule has 0 unspecified atom stereocenters. The standard InChI is InChI=1S/C17H26FNO4/c1-17(2,3)23-16(22)19-12-7-6-10(14(19)15(20)21)13(18)11(12)8-9-4-5-9/h9-14H,4-8H2,1-3H3,(H,20,21)/t10-,11-,12+,13-,14+/m1/s1. The zero-order valence-corrected chi connectivity index (χ0v) is 14.0. The molecule has 0 aromatic rings. The zero-order chi connectivity index (χ0) is 16.9. The molecule has 0 aromatic heterocycles. The number of hydrogen-bond donors (Lipinski definition) is 1. The lowest BCUT2D eigenvalue weighted by atomic mass is 9.66. The Hall–Kier alpha value is -1.33. The molecule has 6 heteroatoms. The maximum Gasteiger partial charge on any atom is 0.411 e. The molecule has 23 heavy (non-hydrogen) atoms. The van der Waals surface area contributed by atoms with Crippen molar-refractivity contribution >= 4 is 12.1 Å². The molecule has 0 radical (unpaired) electrons. The van der Waals surface area contributed by atoms with Gasteiger partial charge in [0, 0.05) is 17.9 Å². The van der Waals surface area contributed by atoms with Crippen LogP contribution in [0.2, 0.25) is 0 Å². The van der Waals surface area contributed by atoms with Crippen LogP contribution >= 0.6 is 0 Å². The molecule has 2 aliphatic heterocycles. The number of aliphatic carboxylic acids is 1.